The Kier molecular flexibility index (Phi) is 2.50. The van der Waals surface area contributed by atoms with Crippen molar-refractivity contribution in [2.45, 2.75) is 33.1 Å². The molecule has 1 nitrogen and oxygen atoms in total. The van der Waals surface area contributed by atoms with Crippen LogP contribution in [0, 0.1) is 5.92 Å². The van der Waals surface area contributed by atoms with Crippen LogP contribution in [0.5, 0.6) is 0 Å². The highest BCUT2D eigenvalue weighted by Crippen LogP contribution is 2.35. The molecule has 0 heterocycles. The molecule has 1 saturated carbocycles. The van der Waals surface area contributed by atoms with E-state index in [0.29, 0.717) is 0 Å². The molecule has 1 rings (SSSR count). The van der Waals surface area contributed by atoms with E-state index in [4.69, 9.17) is 5.73 Å². The fourth-order valence-electron chi connectivity index (χ4n) is 1.10. The molecule has 0 bridgehead atoms. The van der Waals surface area contributed by atoms with E-state index in [0.717, 1.165) is 12.5 Å². The zero-order valence-electron chi connectivity index (χ0n) is 6.98. The van der Waals surface area contributed by atoms with Gasteiger partial charge in [-0.05, 0) is 39.0 Å². The lowest BCUT2D eigenvalue weighted by atomic mass is 10.1. The zero-order chi connectivity index (χ0) is 7.56. The highest BCUT2D eigenvalue weighted by Gasteiger charge is 2.21. The molecule has 0 atom stereocenters. The normalized spacial score (nSPS) is 20.7. The molecule has 58 valence electrons. The first kappa shape index (κ1) is 7.80. The second-order valence-electron chi connectivity index (χ2n) is 3.41. The molecule has 0 spiro atoms. The summed E-state index contributed by atoms with van der Waals surface area (Å²) in [6, 6.07) is 0. The van der Waals surface area contributed by atoms with Gasteiger partial charge in [-0.25, -0.2) is 0 Å². The first-order valence-corrected chi connectivity index (χ1v) is 4.09. The van der Waals surface area contributed by atoms with Crippen LogP contribution in [0.15, 0.2) is 11.1 Å². The third-order valence-corrected chi connectivity index (χ3v) is 2.33. The fraction of sp³-hybridized carbons (Fsp3) is 0.778. The lowest BCUT2D eigenvalue weighted by molar-refractivity contribution is 0.805. The summed E-state index contributed by atoms with van der Waals surface area (Å²) in [6.45, 7) is 5.08. The van der Waals surface area contributed by atoms with Gasteiger partial charge in [0.15, 0.2) is 0 Å². The van der Waals surface area contributed by atoms with Crippen LogP contribution in [-0.4, -0.2) is 6.54 Å². The van der Waals surface area contributed by atoms with Gasteiger partial charge in [0.05, 0.1) is 0 Å². The van der Waals surface area contributed by atoms with Crippen molar-refractivity contribution in [2.75, 3.05) is 6.54 Å². The van der Waals surface area contributed by atoms with Crippen molar-refractivity contribution in [2.24, 2.45) is 11.7 Å². The molecule has 10 heavy (non-hydrogen) atoms. The Morgan fingerprint density at radius 1 is 1.30 bits per heavy atom. The second kappa shape index (κ2) is 3.20. The molecule has 0 aliphatic heterocycles. The van der Waals surface area contributed by atoms with Crippen LogP contribution in [0.1, 0.15) is 33.1 Å². The van der Waals surface area contributed by atoms with Crippen LogP contribution in [0.2, 0.25) is 0 Å². The van der Waals surface area contributed by atoms with Crippen molar-refractivity contribution in [3.8, 4) is 0 Å². The summed E-state index contributed by atoms with van der Waals surface area (Å²) in [5.41, 5.74) is 8.41. The molecule has 0 radical (unpaired) electrons. The molecule has 1 heteroatoms. The predicted octanol–water partition coefficient (Wildman–Crippen LogP) is 2.08. The molecule has 0 amide bonds. The molecule has 2 N–H and O–H groups in total. The number of allylic oxidation sites excluding steroid dienone is 1. The Morgan fingerprint density at radius 3 is 2.30 bits per heavy atom. The zero-order valence-corrected chi connectivity index (χ0v) is 6.98. The Balaban J connectivity index is 2.36. The van der Waals surface area contributed by atoms with Crippen LogP contribution >= 0.6 is 0 Å². The summed E-state index contributed by atoms with van der Waals surface area (Å²) >= 11 is 0. The first-order chi connectivity index (χ1) is 4.74. The van der Waals surface area contributed by atoms with E-state index < -0.39 is 0 Å². The minimum absolute atomic E-state index is 0.735. The largest absolute Gasteiger partial charge is 0.327 e. The Labute approximate surface area is 63.3 Å². The standard InChI is InChI=1S/C9H17N/c1-7(8(2)6-10)5-9-3-4-9/h9H,3-6,10H2,1-2H3/b8-7-. The third-order valence-electron chi connectivity index (χ3n) is 2.33. The van der Waals surface area contributed by atoms with Gasteiger partial charge in [-0.2, -0.15) is 0 Å². The molecule has 1 aliphatic carbocycles. The maximum Gasteiger partial charge on any atom is 0.0136 e. The van der Waals surface area contributed by atoms with Crippen LogP contribution in [0.3, 0.4) is 0 Å². The number of hydrogen-bond donors (Lipinski definition) is 1. The first-order valence-electron chi connectivity index (χ1n) is 4.09. The predicted molar refractivity (Wildman–Crippen MR) is 44.8 cm³/mol. The topological polar surface area (TPSA) is 26.0 Å². The Morgan fingerprint density at radius 2 is 1.90 bits per heavy atom. The molecule has 1 aliphatic rings. The van der Waals surface area contributed by atoms with E-state index in [9.17, 15) is 0 Å². The molecule has 0 aromatic heterocycles. The molecular weight excluding hydrogens is 122 g/mol. The van der Waals surface area contributed by atoms with E-state index in [2.05, 4.69) is 13.8 Å². The maximum atomic E-state index is 5.51. The van der Waals surface area contributed by atoms with Gasteiger partial charge in [0.2, 0.25) is 0 Å². The Hall–Kier alpha value is -0.300. The van der Waals surface area contributed by atoms with Crippen LogP contribution in [0.25, 0.3) is 0 Å². The van der Waals surface area contributed by atoms with Gasteiger partial charge in [-0.15, -0.1) is 0 Å². The summed E-state index contributed by atoms with van der Waals surface area (Å²) in [5.74, 6) is 1.00. The average molecular weight is 139 g/mol. The van der Waals surface area contributed by atoms with Crippen LogP contribution < -0.4 is 5.73 Å². The number of nitrogens with two attached hydrogens (primary N) is 1. The quantitative estimate of drug-likeness (QED) is 0.595. The van der Waals surface area contributed by atoms with Gasteiger partial charge < -0.3 is 5.73 Å². The average Bonchev–Trinajstić information content (AvgIpc) is 2.70. The highest BCUT2D eigenvalue weighted by atomic mass is 14.5. The summed E-state index contributed by atoms with van der Waals surface area (Å²) in [6.07, 6.45) is 4.17. The van der Waals surface area contributed by atoms with E-state index in [1.165, 1.54) is 30.4 Å². The monoisotopic (exact) mass is 139 g/mol. The molecule has 0 aromatic carbocycles. The number of rotatable bonds is 3. The summed E-state index contributed by atoms with van der Waals surface area (Å²) < 4.78 is 0. The lowest BCUT2D eigenvalue weighted by Crippen LogP contribution is -2.02. The van der Waals surface area contributed by atoms with Crippen molar-refractivity contribution in [3.63, 3.8) is 0 Å². The minimum atomic E-state index is 0.735. The molecule has 1 fully saturated rings. The van der Waals surface area contributed by atoms with Gasteiger partial charge in [0.1, 0.15) is 0 Å². The van der Waals surface area contributed by atoms with Gasteiger partial charge in [0, 0.05) is 6.54 Å². The molecule has 0 aromatic rings. The smallest absolute Gasteiger partial charge is 0.0136 e. The fourth-order valence-corrected chi connectivity index (χ4v) is 1.10. The molecular formula is C9H17N. The van der Waals surface area contributed by atoms with Crippen molar-refractivity contribution in [1.82, 2.24) is 0 Å². The van der Waals surface area contributed by atoms with Crippen LogP contribution in [-0.2, 0) is 0 Å². The lowest BCUT2D eigenvalue weighted by Gasteiger charge is -2.03. The van der Waals surface area contributed by atoms with E-state index in [-0.39, 0.29) is 0 Å². The summed E-state index contributed by atoms with van der Waals surface area (Å²) in [4.78, 5) is 0. The SMILES string of the molecule is C/C(CN)=C(\C)CC1CC1. The maximum absolute atomic E-state index is 5.51. The summed E-state index contributed by atoms with van der Waals surface area (Å²) in [5, 5.41) is 0. The highest BCUT2D eigenvalue weighted by molar-refractivity contribution is 5.12. The van der Waals surface area contributed by atoms with Gasteiger partial charge in [-0.1, -0.05) is 11.1 Å². The van der Waals surface area contributed by atoms with Gasteiger partial charge >= 0.3 is 0 Å². The van der Waals surface area contributed by atoms with Crippen molar-refractivity contribution >= 4 is 0 Å². The van der Waals surface area contributed by atoms with Gasteiger partial charge in [-0.3, -0.25) is 0 Å². The van der Waals surface area contributed by atoms with Crippen molar-refractivity contribution in [1.29, 1.82) is 0 Å². The van der Waals surface area contributed by atoms with E-state index >= 15 is 0 Å². The van der Waals surface area contributed by atoms with Crippen LogP contribution in [0.4, 0.5) is 0 Å². The van der Waals surface area contributed by atoms with Crippen molar-refractivity contribution in [3.05, 3.63) is 11.1 Å². The van der Waals surface area contributed by atoms with E-state index in [1.807, 2.05) is 0 Å². The minimum Gasteiger partial charge on any atom is -0.327 e. The second-order valence-corrected chi connectivity index (χ2v) is 3.41. The molecule has 0 saturated heterocycles. The Bertz CT molecular complexity index is 143. The molecule has 0 unspecified atom stereocenters. The van der Waals surface area contributed by atoms with Gasteiger partial charge in [0.25, 0.3) is 0 Å². The van der Waals surface area contributed by atoms with Crippen molar-refractivity contribution < 1.29 is 0 Å². The van der Waals surface area contributed by atoms with E-state index in [1.54, 1.807) is 0 Å². The number of hydrogen-bond acceptors (Lipinski definition) is 1. The summed E-state index contributed by atoms with van der Waals surface area (Å²) in [7, 11) is 0. The third kappa shape index (κ3) is 2.14.